The van der Waals surface area contributed by atoms with Crippen molar-refractivity contribution >= 4 is 5.91 Å². The molecule has 0 spiro atoms. The number of benzene rings is 2. The van der Waals surface area contributed by atoms with Gasteiger partial charge < -0.3 is 19.7 Å². The Kier molecular flexibility index (Phi) is 7.96. The number of hydrogen-bond donors (Lipinski definition) is 1. The van der Waals surface area contributed by atoms with Crippen LogP contribution in [0.15, 0.2) is 36.4 Å². The molecule has 0 bridgehead atoms. The summed E-state index contributed by atoms with van der Waals surface area (Å²) in [7, 11) is 3.34. The molecule has 0 aliphatic rings. The minimum Gasteiger partial charge on any atom is -0.490 e. The molecule has 0 saturated carbocycles. The topological polar surface area (TPSA) is 50.8 Å². The lowest BCUT2D eigenvalue weighted by molar-refractivity contribution is -0.135. The molecule has 1 amide bonds. The molecule has 0 saturated heterocycles. The van der Waals surface area contributed by atoms with Crippen LogP contribution in [-0.4, -0.2) is 37.6 Å². The van der Waals surface area contributed by atoms with E-state index in [1.54, 1.807) is 27.1 Å². The van der Waals surface area contributed by atoms with Crippen LogP contribution in [0.1, 0.15) is 37.9 Å². The quantitative estimate of drug-likeness (QED) is 0.682. The van der Waals surface area contributed by atoms with Gasteiger partial charge in [-0.3, -0.25) is 4.79 Å². The maximum Gasteiger partial charge on any atom is 0.262 e. The standard InChI is InChI=1S/C22H28F2N2O3/c1-6-28-21-11-16(7-10-20(21)29-15(3)22(27)26(4)5)13-25-14(2)18-9-8-17(23)12-19(18)24/h7-12,14-15,25H,6,13H2,1-5H3/t14-,15-/m1/s1. The average molecular weight is 406 g/mol. The zero-order valence-corrected chi connectivity index (χ0v) is 17.5. The fourth-order valence-electron chi connectivity index (χ4n) is 2.87. The second kappa shape index (κ2) is 10.2. The molecule has 2 aromatic carbocycles. The summed E-state index contributed by atoms with van der Waals surface area (Å²) in [6, 6.07) is 8.69. The largest absolute Gasteiger partial charge is 0.490 e. The number of carbonyl (C=O) groups is 1. The van der Waals surface area contributed by atoms with Gasteiger partial charge in [-0.2, -0.15) is 0 Å². The second-order valence-electron chi connectivity index (χ2n) is 6.98. The summed E-state index contributed by atoms with van der Waals surface area (Å²) in [6.07, 6.45) is -0.644. The van der Waals surface area contributed by atoms with Crippen molar-refractivity contribution in [2.75, 3.05) is 20.7 Å². The minimum atomic E-state index is -0.644. The highest BCUT2D eigenvalue weighted by molar-refractivity contribution is 5.80. The second-order valence-corrected chi connectivity index (χ2v) is 6.98. The Morgan fingerprint density at radius 3 is 2.45 bits per heavy atom. The Balaban J connectivity index is 2.09. The highest BCUT2D eigenvalue weighted by Gasteiger charge is 2.19. The SMILES string of the molecule is CCOc1cc(CN[C@H](C)c2ccc(F)cc2F)ccc1O[C@H](C)C(=O)N(C)C. The first-order valence-corrected chi connectivity index (χ1v) is 9.54. The fraction of sp³-hybridized carbons (Fsp3) is 0.409. The Morgan fingerprint density at radius 1 is 1.10 bits per heavy atom. The summed E-state index contributed by atoms with van der Waals surface area (Å²) in [6.45, 7) is 6.26. The number of likely N-dealkylation sites (N-methyl/N-ethyl adjacent to an activating group) is 1. The van der Waals surface area contributed by atoms with Crippen molar-refractivity contribution in [2.45, 2.75) is 39.5 Å². The van der Waals surface area contributed by atoms with E-state index >= 15 is 0 Å². The van der Waals surface area contributed by atoms with Gasteiger partial charge in [0.05, 0.1) is 6.61 Å². The van der Waals surface area contributed by atoms with Gasteiger partial charge in [0.25, 0.3) is 5.91 Å². The molecule has 1 N–H and O–H groups in total. The van der Waals surface area contributed by atoms with Crippen molar-refractivity contribution in [3.8, 4) is 11.5 Å². The first-order chi connectivity index (χ1) is 13.7. The van der Waals surface area contributed by atoms with Crippen LogP contribution < -0.4 is 14.8 Å². The molecule has 0 aromatic heterocycles. The van der Waals surface area contributed by atoms with Crippen molar-refractivity contribution in [2.24, 2.45) is 0 Å². The molecule has 0 fully saturated rings. The monoisotopic (exact) mass is 406 g/mol. The molecule has 0 radical (unpaired) electrons. The molecular weight excluding hydrogens is 378 g/mol. The van der Waals surface area contributed by atoms with E-state index in [4.69, 9.17) is 9.47 Å². The molecule has 0 aliphatic carbocycles. The Bertz CT molecular complexity index is 843. The van der Waals surface area contributed by atoms with Crippen LogP contribution in [0, 0.1) is 11.6 Å². The van der Waals surface area contributed by atoms with Crippen molar-refractivity contribution in [3.05, 3.63) is 59.2 Å². The van der Waals surface area contributed by atoms with Crippen LogP contribution in [-0.2, 0) is 11.3 Å². The lowest BCUT2D eigenvalue weighted by Crippen LogP contribution is -2.35. The molecule has 2 rings (SSSR count). The van der Waals surface area contributed by atoms with E-state index in [-0.39, 0.29) is 11.9 Å². The van der Waals surface area contributed by atoms with Crippen molar-refractivity contribution in [1.29, 1.82) is 0 Å². The van der Waals surface area contributed by atoms with Gasteiger partial charge in [0, 0.05) is 38.3 Å². The van der Waals surface area contributed by atoms with Crippen LogP contribution in [0.5, 0.6) is 11.5 Å². The van der Waals surface area contributed by atoms with Crippen molar-refractivity contribution in [3.63, 3.8) is 0 Å². The Morgan fingerprint density at radius 2 is 1.83 bits per heavy atom. The highest BCUT2D eigenvalue weighted by atomic mass is 19.1. The van der Waals surface area contributed by atoms with Crippen LogP contribution in [0.2, 0.25) is 0 Å². The molecule has 0 aliphatic heterocycles. The number of ether oxygens (including phenoxy) is 2. The summed E-state index contributed by atoms with van der Waals surface area (Å²) in [5, 5.41) is 3.22. The van der Waals surface area contributed by atoms with Crippen LogP contribution in [0.25, 0.3) is 0 Å². The Hall–Kier alpha value is -2.67. The number of rotatable bonds is 9. The number of amides is 1. The van der Waals surface area contributed by atoms with E-state index in [1.165, 1.54) is 17.0 Å². The lowest BCUT2D eigenvalue weighted by atomic mass is 10.1. The average Bonchev–Trinajstić information content (AvgIpc) is 2.67. The molecule has 5 nitrogen and oxygen atoms in total. The third-order valence-electron chi connectivity index (χ3n) is 4.44. The number of halogens is 2. The van der Waals surface area contributed by atoms with Gasteiger partial charge in [0.2, 0.25) is 0 Å². The zero-order chi connectivity index (χ0) is 21.6. The first-order valence-electron chi connectivity index (χ1n) is 9.54. The number of hydrogen-bond acceptors (Lipinski definition) is 4. The molecule has 7 heteroatoms. The zero-order valence-electron chi connectivity index (χ0n) is 17.5. The van der Waals surface area contributed by atoms with Gasteiger partial charge in [-0.15, -0.1) is 0 Å². The molecule has 29 heavy (non-hydrogen) atoms. The minimum absolute atomic E-state index is 0.145. The van der Waals surface area contributed by atoms with E-state index < -0.39 is 17.7 Å². The van der Waals surface area contributed by atoms with Gasteiger partial charge >= 0.3 is 0 Å². The van der Waals surface area contributed by atoms with Crippen molar-refractivity contribution in [1.82, 2.24) is 10.2 Å². The summed E-state index contributed by atoms with van der Waals surface area (Å²) >= 11 is 0. The Labute approximate surface area is 170 Å². The summed E-state index contributed by atoms with van der Waals surface area (Å²) < 4.78 is 38.5. The molecule has 0 heterocycles. The fourth-order valence-corrected chi connectivity index (χ4v) is 2.87. The molecule has 2 atom stereocenters. The van der Waals surface area contributed by atoms with Gasteiger partial charge in [-0.1, -0.05) is 12.1 Å². The van der Waals surface area contributed by atoms with Crippen LogP contribution in [0.3, 0.4) is 0 Å². The van der Waals surface area contributed by atoms with Gasteiger partial charge in [-0.05, 0) is 44.5 Å². The summed E-state index contributed by atoms with van der Waals surface area (Å²) in [4.78, 5) is 13.5. The van der Waals surface area contributed by atoms with E-state index in [2.05, 4.69) is 5.32 Å². The molecular formula is C22H28F2N2O3. The maximum atomic E-state index is 13.9. The lowest BCUT2D eigenvalue weighted by Gasteiger charge is -2.21. The normalized spacial score (nSPS) is 12.9. The summed E-state index contributed by atoms with van der Waals surface area (Å²) in [5.41, 5.74) is 1.30. The summed E-state index contributed by atoms with van der Waals surface area (Å²) in [5.74, 6) is -0.309. The van der Waals surface area contributed by atoms with Gasteiger partial charge in [0.1, 0.15) is 11.6 Å². The predicted molar refractivity (Wildman–Crippen MR) is 108 cm³/mol. The first kappa shape index (κ1) is 22.6. The molecule has 2 aromatic rings. The number of carbonyl (C=O) groups excluding carboxylic acids is 1. The third kappa shape index (κ3) is 6.15. The van der Waals surface area contributed by atoms with E-state index in [9.17, 15) is 13.6 Å². The number of nitrogens with one attached hydrogen (secondary N) is 1. The highest BCUT2D eigenvalue weighted by Crippen LogP contribution is 2.30. The maximum absolute atomic E-state index is 13.9. The van der Waals surface area contributed by atoms with Crippen LogP contribution >= 0.6 is 0 Å². The predicted octanol–water partition coefficient (Wildman–Crippen LogP) is 4.07. The number of nitrogens with zero attached hydrogens (tertiary/aromatic N) is 1. The third-order valence-corrected chi connectivity index (χ3v) is 4.44. The molecule has 0 unspecified atom stereocenters. The van der Waals surface area contributed by atoms with E-state index in [0.29, 0.717) is 30.2 Å². The van der Waals surface area contributed by atoms with Crippen molar-refractivity contribution < 1.29 is 23.0 Å². The van der Waals surface area contributed by atoms with Crippen LogP contribution in [0.4, 0.5) is 8.78 Å². The van der Waals surface area contributed by atoms with E-state index in [0.717, 1.165) is 11.6 Å². The van der Waals surface area contributed by atoms with E-state index in [1.807, 2.05) is 26.0 Å². The smallest absolute Gasteiger partial charge is 0.262 e. The molecule has 158 valence electrons. The van der Waals surface area contributed by atoms with Gasteiger partial charge in [0.15, 0.2) is 17.6 Å². The van der Waals surface area contributed by atoms with Gasteiger partial charge in [-0.25, -0.2) is 8.78 Å².